The van der Waals surface area contributed by atoms with E-state index in [9.17, 15) is 18.0 Å². The summed E-state index contributed by atoms with van der Waals surface area (Å²) in [7, 11) is 1.48. The fraction of sp³-hybridized carbons (Fsp3) is 0.550. The molecule has 2 aliphatic rings. The highest BCUT2D eigenvalue weighted by atomic mass is 19.4. The van der Waals surface area contributed by atoms with Gasteiger partial charge < -0.3 is 15.0 Å². The second-order valence-electron chi connectivity index (χ2n) is 7.90. The number of nitrogens with zero attached hydrogens (tertiary/aromatic N) is 4. The van der Waals surface area contributed by atoms with Gasteiger partial charge in [-0.3, -0.25) is 4.79 Å². The number of pyridine rings is 1. The predicted octanol–water partition coefficient (Wildman–Crippen LogP) is 3.44. The lowest BCUT2D eigenvalue weighted by Gasteiger charge is -2.41. The normalized spacial score (nSPS) is 24.2. The highest BCUT2D eigenvalue weighted by Gasteiger charge is 2.48. The molecule has 1 amide bonds. The van der Waals surface area contributed by atoms with E-state index in [-0.39, 0.29) is 24.3 Å². The van der Waals surface area contributed by atoms with Crippen LogP contribution in [0.5, 0.6) is 5.88 Å². The number of piperidine rings is 1. The van der Waals surface area contributed by atoms with Crippen LogP contribution in [0, 0.1) is 12.8 Å². The topological polar surface area (TPSA) is 72.3 Å². The Hall–Kier alpha value is -2.78. The third kappa shape index (κ3) is 3.95. The number of anilines is 1. The van der Waals surface area contributed by atoms with Crippen molar-refractivity contribution < 1.29 is 22.7 Å². The van der Waals surface area contributed by atoms with Crippen molar-refractivity contribution in [2.75, 3.05) is 25.5 Å². The summed E-state index contributed by atoms with van der Waals surface area (Å²) in [5.41, 5.74) is 1.00. The highest BCUT2D eigenvalue weighted by molar-refractivity contribution is 5.94. The molecule has 7 nitrogen and oxygen atoms in total. The molecule has 0 aromatic carbocycles. The molecule has 0 spiro atoms. The van der Waals surface area contributed by atoms with E-state index in [0.717, 1.165) is 17.5 Å². The van der Waals surface area contributed by atoms with Crippen molar-refractivity contribution in [1.82, 2.24) is 19.7 Å². The van der Waals surface area contributed by atoms with E-state index in [4.69, 9.17) is 4.74 Å². The van der Waals surface area contributed by atoms with Crippen LogP contribution >= 0.6 is 0 Å². The maximum atomic E-state index is 13.7. The molecule has 1 saturated heterocycles. The first-order chi connectivity index (χ1) is 14.3. The predicted molar refractivity (Wildman–Crippen MR) is 104 cm³/mol. The number of fused-ring (bicyclic) bond motifs is 1. The number of carbonyl (C=O) groups excluding carboxylic acids is 1. The van der Waals surface area contributed by atoms with Crippen molar-refractivity contribution >= 4 is 11.7 Å². The minimum absolute atomic E-state index is 0.0831. The molecular weight excluding hydrogens is 399 g/mol. The first-order valence-corrected chi connectivity index (χ1v) is 9.95. The van der Waals surface area contributed by atoms with Gasteiger partial charge >= 0.3 is 6.18 Å². The van der Waals surface area contributed by atoms with Gasteiger partial charge in [-0.1, -0.05) is 0 Å². The van der Waals surface area contributed by atoms with Gasteiger partial charge in [0, 0.05) is 43.0 Å². The minimum atomic E-state index is -4.38. The van der Waals surface area contributed by atoms with Crippen LogP contribution in [-0.4, -0.2) is 58.0 Å². The second kappa shape index (κ2) is 7.81. The summed E-state index contributed by atoms with van der Waals surface area (Å²) < 4.78 is 47.2. The summed E-state index contributed by atoms with van der Waals surface area (Å²) in [6.07, 6.45) is -1.48. The van der Waals surface area contributed by atoms with Crippen LogP contribution in [0.3, 0.4) is 0 Å². The van der Waals surface area contributed by atoms with E-state index in [2.05, 4.69) is 15.4 Å². The number of likely N-dealkylation sites (tertiary alicyclic amines) is 1. The van der Waals surface area contributed by atoms with Gasteiger partial charge in [-0.05, 0) is 38.2 Å². The van der Waals surface area contributed by atoms with Crippen LogP contribution < -0.4 is 10.1 Å². The first kappa shape index (κ1) is 20.5. The highest BCUT2D eigenvalue weighted by Crippen LogP contribution is 2.42. The molecule has 1 N–H and O–H groups in total. The van der Waals surface area contributed by atoms with Gasteiger partial charge in [-0.2, -0.15) is 18.3 Å². The van der Waals surface area contributed by atoms with Gasteiger partial charge in [0.1, 0.15) is 5.82 Å². The van der Waals surface area contributed by atoms with E-state index in [1.807, 2.05) is 0 Å². The number of rotatable bonds is 3. The maximum Gasteiger partial charge on any atom is 0.410 e. The van der Waals surface area contributed by atoms with E-state index >= 15 is 0 Å². The van der Waals surface area contributed by atoms with Crippen molar-refractivity contribution in [3.63, 3.8) is 0 Å². The number of hydrogen-bond acceptors (Lipinski definition) is 5. The summed E-state index contributed by atoms with van der Waals surface area (Å²) in [6, 6.07) is 2.78. The number of hydrogen-bond donors (Lipinski definition) is 1. The summed E-state index contributed by atoms with van der Waals surface area (Å²) in [6.45, 7) is 2.66. The van der Waals surface area contributed by atoms with Crippen molar-refractivity contribution in [3.05, 3.63) is 35.7 Å². The number of alkyl halides is 3. The van der Waals surface area contributed by atoms with E-state index in [1.54, 1.807) is 30.0 Å². The summed E-state index contributed by atoms with van der Waals surface area (Å²) in [5.74, 6) is 0.484. The first-order valence-electron chi connectivity index (χ1n) is 9.95. The third-order valence-corrected chi connectivity index (χ3v) is 5.85. The van der Waals surface area contributed by atoms with E-state index in [0.29, 0.717) is 36.0 Å². The number of ether oxygens (including phenoxy) is 1. The van der Waals surface area contributed by atoms with Gasteiger partial charge in [-0.15, -0.1) is 0 Å². The van der Waals surface area contributed by atoms with Gasteiger partial charge in [0.15, 0.2) is 6.04 Å². The van der Waals surface area contributed by atoms with Crippen molar-refractivity contribution in [1.29, 1.82) is 0 Å². The molecule has 2 aromatic rings. The lowest BCUT2D eigenvalue weighted by atomic mass is 9.85. The molecule has 2 aliphatic heterocycles. The molecule has 30 heavy (non-hydrogen) atoms. The lowest BCUT2D eigenvalue weighted by molar-refractivity contribution is -0.174. The lowest BCUT2D eigenvalue weighted by Crippen LogP contribution is -2.49. The fourth-order valence-electron chi connectivity index (χ4n) is 4.39. The molecule has 4 heterocycles. The van der Waals surface area contributed by atoms with Gasteiger partial charge in [0.2, 0.25) is 5.88 Å². The Bertz CT molecular complexity index is 929. The largest absolute Gasteiger partial charge is 0.481 e. The Morgan fingerprint density at radius 3 is 2.87 bits per heavy atom. The minimum Gasteiger partial charge on any atom is -0.481 e. The van der Waals surface area contributed by atoms with Crippen LogP contribution in [0.25, 0.3) is 0 Å². The van der Waals surface area contributed by atoms with Crippen LogP contribution in [0.2, 0.25) is 0 Å². The molecule has 4 rings (SSSR count). The van der Waals surface area contributed by atoms with Gasteiger partial charge in [0.05, 0.1) is 12.8 Å². The Kier molecular flexibility index (Phi) is 5.33. The zero-order chi connectivity index (χ0) is 21.5. The Labute approximate surface area is 172 Å². The van der Waals surface area contributed by atoms with Crippen molar-refractivity contribution in [3.8, 4) is 5.88 Å². The van der Waals surface area contributed by atoms with Crippen molar-refractivity contribution in [2.45, 2.75) is 44.4 Å². The molecular formula is C20H24F3N5O2. The Morgan fingerprint density at radius 1 is 1.33 bits per heavy atom. The SMILES string of the molecule is COc1cc(C(=O)N2CCCC([C@@H]3C[C@H](C(F)(F)F)n4nc(C)cc4N3)C2)ccn1. The smallest absolute Gasteiger partial charge is 0.410 e. The molecule has 10 heteroatoms. The molecule has 162 valence electrons. The molecule has 2 aromatic heterocycles. The molecule has 3 atom stereocenters. The molecule has 1 unspecified atom stereocenters. The van der Waals surface area contributed by atoms with Gasteiger partial charge in [-0.25, -0.2) is 9.67 Å². The summed E-state index contributed by atoms with van der Waals surface area (Å²) >= 11 is 0. The van der Waals surface area contributed by atoms with Crippen LogP contribution in [0.15, 0.2) is 24.4 Å². The number of nitrogens with one attached hydrogen (secondary N) is 1. The van der Waals surface area contributed by atoms with E-state index < -0.39 is 12.2 Å². The number of carbonyl (C=O) groups is 1. The second-order valence-corrected chi connectivity index (χ2v) is 7.90. The average molecular weight is 423 g/mol. The third-order valence-electron chi connectivity index (χ3n) is 5.85. The van der Waals surface area contributed by atoms with Crippen LogP contribution in [-0.2, 0) is 0 Å². The molecule has 0 radical (unpaired) electrons. The molecule has 1 fully saturated rings. The summed E-state index contributed by atoms with van der Waals surface area (Å²) in [5, 5.41) is 7.27. The maximum absolute atomic E-state index is 13.7. The standard InChI is InChI=1S/C20H24F3N5O2/c1-12-8-17-25-15(10-16(20(21,22)23)28(17)26-12)14-4-3-7-27(11-14)19(29)13-5-6-24-18(9-13)30-2/h5-6,8-9,14-16,25H,3-4,7,10-11H2,1-2H3/t14?,15-,16+/m0/s1. The number of halogens is 3. The summed E-state index contributed by atoms with van der Waals surface area (Å²) in [4.78, 5) is 18.7. The van der Waals surface area contributed by atoms with Crippen LogP contribution in [0.4, 0.5) is 19.0 Å². The van der Waals surface area contributed by atoms with Gasteiger partial charge in [0.25, 0.3) is 5.91 Å². The quantitative estimate of drug-likeness (QED) is 0.819. The molecule has 0 saturated carbocycles. The molecule has 0 aliphatic carbocycles. The number of aryl methyl sites for hydroxylation is 1. The number of amides is 1. The number of aromatic nitrogens is 3. The molecule has 0 bridgehead atoms. The van der Waals surface area contributed by atoms with Crippen LogP contribution in [0.1, 0.15) is 41.4 Å². The zero-order valence-corrected chi connectivity index (χ0v) is 16.8. The van der Waals surface area contributed by atoms with Crippen molar-refractivity contribution in [2.24, 2.45) is 5.92 Å². The Morgan fingerprint density at radius 2 is 2.13 bits per heavy atom. The fourth-order valence-corrected chi connectivity index (χ4v) is 4.39. The van der Waals surface area contributed by atoms with E-state index in [1.165, 1.54) is 13.3 Å². The Balaban J connectivity index is 1.52. The monoisotopic (exact) mass is 423 g/mol. The average Bonchev–Trinajstić information content (AvgIpc) is 3.11. The zero-order valence-electron chi connectivity index (χ0n) is 16.8. The number of methoxy groups -OCH3 is 1.